The summed E-state index contributed by atoms with van der Waals surface area (Å²) in [6.45, 7) is 2.23. The molecule has 2 aromatic rings. The predicted octanol–water partition coefficient (Wildman–Crippen LogP) is 5.01. The Morgan fingerprint density at radius 1 is 1.00 bits per heavy atom. The molecule has 2 aliphatic carbocycles. The van der Waals surface area contributed by atoms with Crippen molar-refractivity contribution in [2.45, 2.75) is 44.9 Å². The van der Waals surface area contributed by atoms with Gasteiger partial charge in [0.2, 0.25) is 5.69 Å². The maximum Gasteiger partial charge on any atom is 0.208 e. The Bertz CT molecular complexity index is 748. The first-order chi connectivity index (χ1) is 10.7. The summed E-state index contributed by atoms with van der Waals surface area (Å²) >= 11 is 0. The summed E-state index contributed by atoms with van der Waals surface area (Å²) in [6.07, 6.45) is 8.99. The van der Waals surface area contributed by atoms with Crippen molar-refractivity contribution in [1.29, 1.82) is 0 Å². The van der Waals surface area contributed by atoms with E-state index in [9.17, 15) is 0 Å². The van der Waals surface area contributed by atoms with E-state index in [1.807, 2.05) is 0 Å². The van der Waals surface area contributed by atoms with Gasteiger partial charge in [0.1, 0.15) is 7.05 Å². The Morgan fingerprint density at radius 2 is 1.77 bits per heavy atom. The lowest BCUT2D eigenvalue weighted by Crippen LogP contribution is -2.31. The van der Waals surface area contributed by atoms with E-state index in [1.54, 1.807) is 0 Å². The second-order valence-corrected chi connectivity index (χ2v) is 6.96. The van der Waals surface area contributed by atoms with Crippen LogP contribution in [0.25, 0.3) is 16.7 Å². The molecule has 22 heavy (non-hydrogen) atoms. The van der Waals surface area contributed by atoms with Gasteiger partial charge in [0.25, 0.3) is 0 Å². The van der Waals surface area contributed by atoms with Crippen molar-refractivity contribution in [3.8, 4) is 11.1 Å². The second kappa shape index (κ2) is 5.39. The Labute approximate surface area is 133 Å². The molecule has 1 heterocycles. The molecule has 0 radical (unpaired) electrons. The van der Waals surface area contributed by atoms with Crippen LogP contribution in [0.1, 0.15) is 56.2 Å². The molecule has 0 unspecified atom stereocenters. The van der Waals surface area contributed by atoms with E-state index in [2.05, 4.69) is 61.1 Å². The van der Waals surface area contributed by atoms with Gasteiger partial charge < -0.3 is 0 Å². The summed E-state index contributed by atoms with van der Waals surface area (Å²) in [5.74, 6) is 0.784. The molecule has 0 amide bonds. The molecule has 0 saturated heterocycles. The zero-order valence-corrected chi connectivity index (χ0v) is 13.6. The van der Waals surface area contributed by atoms with Crippen molar-refractivity contribution >= 4 is 5.57 Å². The molecule has 0 aliphatic heterocycles. The van der Waals surface area contributed by atoms with Gasteiger partial charge in [-0.1, -0.05) is 42.7 Å². The molecule has 4 rings (SSSR count). The Kier molecular flexibility index (Phi) is 3.37. The number of benzene rings is 1. The van der Waals surface area contributed by atoms with Crippen molar-refractivity contribution < 1.29 is 4.57 Å². The Hall–Kier alpha value is -1.89. The smallest absolute Gasteiger partial charge is 0.201 e. The molecule has 1 nitrogen and oxygen atoms in total. The molecule has 1 aromatic carbocycles. The lowest BCUT2D eigenvalue weighted by atomic mass is 9.94. The van der Waals surface area contributed by atoms with E-state index < -0.39 is 0 Å². The molecule has 112 valence electrons. The molecule has 2 aliphatic rings. The first kappa shape index (κ1) is 13.8. The van der Waals surface area contributed by atoms with Crippen molar-refractivity contribution in [2.75, 3.05) is 0 Å². The molecule has 1 heteroatoms. The van der Waals surface area contributed by atoms with E-state index in [0.29, 0.717) is 0 Å². The predicted molar refractivity (Wildman–Crippen MR) is 91.5 cm³/mol. The largest absolute Gasteiger partial charge is 0.208 e. The molecule has 1 aromatic heterocycles. The third-order valence-corrected chi connectivity index (χ3v) is 5.32. The summed E-state index contributed by atoms with van der Waals surface area (Å²) in [6, 6.07) is 13.8. The fourth-order valence-electron chi connectivity index (χ4n) is 3.85. The fraction of sp³-hybridized carbons (Fsp3) is 0.381. The monoisotopic (exact) mass is 290 g/mol. The Morgan fingerprint density at radius 3 is 2.45 bits per heavy atom. The maximum absolute atomic E-state index is 2.41. The highest BCUT2D eigenvalue weighted by atomic mass is 14.9. The van der Waals surface area contributed by atoms with Gasteiger partial charge in [0.15, 0.2) is 6.20 Å². The van der Waals surface area contributed by atoms with Gasteiger partial charge in [-0.2, -0.15) is 0 Å². The van der Waals surface area contributed by atoms with Gasteiger partial charge in [-0.05, 0) is 42.9 Å². The zero-order chi connectivity index (χ0) is 15.1. The van der Waals surface area contributed by atoms with Gasteiger partial charge in [-0.15, -0.1) is 0 Å². The highest BCUT2D eigenvalue weighted by Crippen LogP contribution is 2.38. The summed E-state index contributed by atoms with van der Waals surface area (Å²) < 4.78 is 2.28. The lowest BCUT2D eigenvalue weighted by Gasteiger charge is -2.11. The van der Waals surface area contributed by atoms with Gasteiger partial charge in [0, 0.05) is 23.6 Å². The van der Waals surface area contributed by atoms with Crippen LogP contribution >= 0.6 is 0 Å². The van der Waals surface area contributed by atoms with Crippen LogP contribution in [0.2, 0.25) is 0 Å². The molecule has 1 saturated carbocycles. The normalized spacial score (nSPS) is 18.1. The molecule has 0 atom stereocenters. The van der Waals surface area contributed by atoms with Crippen molar-refractivity contribution in [2.24, 2.45) is 7.05 Å². The number of aryl methyl sites for hydroxylation is 1. The molecular formula is C21H24N+. The third kappa shape index (κ3) is 2.49. The first-order valence-electron chi connectivity index (χ1n) is 8.51. The number of nitrogens with zero attached hydrogens (tertiary/aromatic N) is 1. The molecular weight excluding hydrogens is 266 g/mol. The molecule has 0 spiro atoms. The van der Waals surface area contributed by atoms with Crippen LogP contribution in [0.5, 0.6) is 0 Å². The van der Waals surface area contributed by atoms with Gasteiger partial charge in [0.05, 0.1) is 0 Å². The maximum atomic E-state index is 2.41. The zero-order valence-electron chi connectivity index (χ0n) is 13.6. The highest BCUT2D eigenvalue weighted by Gasteiger charge is 2.26. The number of hydrogen-bond acceptors (Lipinski definition) is 0. The van der Waals surface area contributed by atoms with E-state index in [4.69, 9.17) is 0 Å². The first-order valence-corrected chi connectivity index (χ1v) is 8.51. The number of allylic oxidation sites excluding steroid dienone is 2. The molecule has 0 bridgehead atoms. The highest BCUT2D eigenvalue weighted by molar-refractivity contribution is 5.79. The summed E-state index contributed by atoms with van der Waals surface area (Å²) in [7, 11) is 2.16. The number of aromatic nitrogens is 1. The summed E-state index contributed by atoms with van der Waals surface area (Å²) in [5.41, 5.74) is 8.63. The van der Waals surface area contributed by atoms with Crippen LogP contribution in [-0.4, -0.2) is 0 Å². The van der Waals surface area contributed by atoms with Gasteiger partial charge in [-0.3, -0.25) is 0 Å². The van der Waals surface area contributed by atoms with Crippen LogP contribution < -0.4 is 4.57 Å². The topological polar surface area (TPSA) is 3.88 Å². The molecule has 1 fully saturated rings. The van der Waals surface area contributed by atoms with E-state index in [0.717, 1.165) is 5.92 Å². The quantitative estimate of drug-likeness (QED) is 0.699. The van der Waals surface area contributed by atoms with E-state index in [1.165, 1.54) is 65.6 Å². The SMILES string of the molecule is CC1=C(c2ccc(-c3cccc(C4CCCC4)c3)c[n+]2C)C1. The minimum absolute atomic E-state index is 0.784. The van der Waals surface area contributed by atoms with Crippen molar-refractivity contribution in [3.05, 3.63) is 59.4 Å². The Balaban J connectivity index is 1.67. The van der Waals surface area contributed by atoms with Gasteiger partial charge >= 0.3 is 0 Å². The molecule has 0 N–H and O–H groups in total. The second-order valence-electron chi connectivity index (χ2n) is 6.96. The number of hydrogen-bond donors (Lipinski definition) is 0. The van der Waals surface area contributed by atoms with Gasteiger partial charge in [-0.25, -0.2) is 4.57 Å². The number of pyridine rings is 1. The average molecular weight is 290 g/mol. The minimum Gasteiger partial charge on any atom is -0.201 e. The van der Waals surface area contributed by atoms with E-state index >= 15 is 0 Å². The van der Waals surface area contributed by atoms with Crippen LogP contribution in [0.15, 0.2) is 48.2 Å². The van der Waals surface area contributed by atoms with Crippen LogP contribution in [-0.2, 0) is 7.05 Å². The van der Waals surface area contributed by atoms with Crippen LogP contribution in [0, 0.1) is 0 Å². The van der Waals surface area contributed by atoms with E-state index in [-0.39, 0.29) is 0 Å². The summed E-state index contributed by atoms with van der Waals surface area (Å²) in [5, 5.41) is 0. The van der Waals surface area contributed by atoms with Crippen LogP contribution in [0.4, 0.5) is 0 Å². The minimum atomic E-state index is 0.784. The van der Waals surface area contributed by atoms with Crippen LogP contribution in [0.3, 0.4) is 0 Å². The average Bonchev–Trinajstić information content (AvgIpc) is 3.04. The third-order valence-electron chi connectivity index (χ3n) is 5.32. The lowest BCUT2D eigenvalue weighted by molar-refractivity contribution is -0.673. The summed E-state index contributed by atoms with van der Waals surface area (Å²) in [4.78, 5) is 0. The fourth-order valence-corrected chi connectivity index (χ4v) is 3.85. The van der Waals surface area contributed by atoms with Crippen molar-refractivity contribution in [1.82, 2.24) is 0 Å². The van der Waals surface area contributed by atoms with Crippen molar-refractivity contribution in [3.63, 3.8) is 0 Å². The number of rotatable bonds is 3. The standard InChI is InChI=1S/C21H24N/c1-15-12-20(15)21-11-10-19(14-22(21)2)18-9-5-8-17(13-18)16-6-3-4-7-16/h5,8-11,13-14,16H,3-4,6-7,12H2,1-2H3/q+1.